The van der Waals surface area contributed by atoms with E-state index in [0.717, 1.165) is 42.8 Å². The summed E-state index contributed by atoms with van der Waals surface area (Å²) in [5.41, 5.74) is 0.887. The van der Waals surface area contributed by atoms with E-state index in [4.69, 9.17) is 0 Å². The number of benzene rings is 1. The maximum atomic E-state index is 12.8. The molecule has 5 heteroatoms. The van der Waals surface area contributed by atoms with Gasteiger partial charge in [0.25, 0.3) is 5.91 Å². The lowest BCUT2D eigenvalue weighted by Gasteiger charge is -2.34. The number of amides is 1. The Morgan fingerprint density at radius 3 is 2.70 bits per heavy atom. The van der Waals surface area contributed by atoms with E-state index in [0.29, 0.717) is 6.04 Å². The van der Waals surface area contributed by atoms with Gasteiger partial charge in [0.1, 0.15) is 0 Å². The molecule has 0 radical (unpaired) electrons. The number of thiophene rings is 1. The van der Waals surface area contributed by atoms with Crippen molar-refractivity contribution in [1.29, 1.82) is 0 Å². The van der Waals surface area contributed by atoms with Crippen LogP contribution in [0.3, 0.4) is 0 Å². The number of carbonyl (C=O) groups is 1. The largest absolute Gasteiger partial charge is 0.339 e. The number of likely N-dealkylation sites (tertiary alicyclic amines) is 1. The lowest BCUT2D eigenvalue weighted by molar-refractivity contribution is 0.0677. The van der Waals surface area contributed by atoms with Crippen molar-refractivity contribution < 1.29 is 4.79 Å². The second-order valence-electron chi connectivity index (χ2n) is 6.48. The second-order valence-corrected chi connectivity index (χ2v) is 7.39. The first kappa shape index (κ1) is 16.7. The molecule has 0 saturated carbocycles. The van der Waals surface area contributed by atoms with Gasteiger partial charge in [-0.05, 0) is 44.2 Å². The number of piperidine rings is 1. The lowest BCUT2D eigenvalue weighted by Crippen LogP contribution is -2.43. The van der Waals surface area contributed by atoms with Crippen LogP contribution in [0.4, 0.5) is 0 Å². The molecule has 1 aromatic carbocycles. The van der Waals surface area contributed by atoms with E-state index < -0.39 is 0 Å². The second kappa shape index (κ2) is 7.20. The summed E-state index contributed by atoms with van der Waals surface area (Å²) < 4.78 is 1.20. The Kier molecular flexibility index (Phi) is 5.24. The van der Waals surface area contributed by atoms with Crippen molar-refractivity contribution in [1.82, 2.24) is 10.2 Å². The highest BCUT2D eigenvalue weighted by Crippen LogP contribution is 2.30. The predicted octanol–water partition coefficient (Wildman–Crippen LogP) is 3.93. The number of fused-ring (bicyclic) bond motifs is 1. The summed E-state index contributed by atoms with van der Waals surface area (Å²) in [7, 11) is 0. The number of rotatable bonds is 2. The van der Waals surface area contributed by atoms with Crippen LogP contribution in [0.2, 0.25) is 0 Å². The van der Waals surface area contributed by atoms with Crippen LogP contribution in [0.5, 0.6) is 0 Å². The molecule has 2 saturated heterocycles. The number of nitrogens with zero attached hydrogens (tertiary/aromatic N) is 1. The van der Waals surface area contributed by atoms with E-state index in [1.807, 2.05) is 17.5 Å². The van der Waals surface area contributed by atoms with E-state index in [1.54, 1.807) is 11.3 Å². The van der Waals surface area contributed by atoms with Gasteiger partial charge >= 0.3 is 0 Å². The molecule has 3 nitrogen and oxygen atoms in total. The van der Waals surface area contributed by atoms with E-state index in [-0.39, 0.29) is 18.3 Å². The molecule has 1 aromatic heterocycles. The van der Waals surface area contributed by atoms with E-state index in [9.17, 15) is 4.79 Å². The van der Waals surface area contributed by atoms with Gasteiger partial charge in [0.2, 0.25) is 0 Å². The van der Waals surface area contributed by atoms with Crippen molar-refractivity contribution >= 4 is 39.7 Å². The standard InChI is InChI=1S/C18H22N2OS.ClH/c21-18(15-12-22-17-6-2-1-4-14(15)17)20-10-7-13(8-11-20)16-5-3-9-19-16;/h1-2,4,6,12-13,16,19H,3,5,7-11H2;1H. The van der Waals surface area contributed by atoms with Crippen LogP contribution in [0.1, 0.15) is 36.0 Å². The molecule has 0 aliphatic carbocycles. The molecule has 23 heavy (non-hydrogen) atoms. The summed E-state index contributed by atoms with van der Waals surface area (Å²) in [4.78, 5) is 14.9. The van der Waals surface area contributed by atoms with Gasteiger partial charge in [0, 0.05) is 34.6 Å². The van der Waals surface area contributed by atoms with Crippen LogP contribution in [-0.4, -0.2) is 36.5 Å². The van der Waals surface area contributed by atoms with Crippen LogP contribution < -0.4 is 5.32 Å². The van der Waals surface area contributed by atoms with Crippen LogP contribution in [0.15, 0.2) is 29.6 Å². The summed E-state index contributed by atoms with van der Waals surface area (Å²) >= 11 is 1.67. The molecule has 1 N–H and O–H groups in total. The van der Waals surface area contributed by atoms with Gasteiger partial charge in [-0.3, -0.25) is 4.79 Å². The Morgan fingerprint density at radius 2 is 1.96 bits per heavy atom. The molecule has 4 rings (SSSR count). The molecule has 2 aliphatic rings. The number of halogens is 1. The molecule has 2 aliphatic heterocycles. The molecule has 1 unspecified atom stereocenters. The summed E-state index contributed by atoms with van der Waals surface area (Å²) in [6.07, 6.45) is 4.91. The molecule has 3 heterocycles. The predicted molar refractivity (Wildman–Crippen MR) is 98.7 cm³/mol. The van der Waals surface area contributed by atoms with Gasteiger partial charge in [0.05, 0.1) is 5.56 Å². The number of hydrogen-bond acceptors (Lipinski definition) is 3. The fourth-order valence-electron chi connectivity index (χ4n) is 3.93. The normalized spacial score (nSPS) is 22.3. The fraction of sp³-hybridized carbons (Fsp3) is 0.500. The summed E-state index contributed by atoms with van der Waals surface area (Å²) in [5.74, 6) is 0.973. The Balaban J connectivity index is 0.00000156. The van der Waals surface area contributed by atoms with Crippen molar-refractivity contribution in [3.8, 4) is 0 Å². The molecule has 1 atom stereocenters. The van der Waals surface area contributed by atoms with Crippen molar-refractivity contribution in [2.75, 3.05) is 19.6 Å². The zero-order chi connectivity index (χ0) is 14.9. The molecule has 1 amide bonds. The molecule has 2 aromatic rings. The van der Waals surface area contributed by atoms with Gasteiger partial charge in [-0.15, -0.1) is 23.7 Å². The van der Waals surface area contributed by atoms with E-state index in [1.165, 1.54) is 24.1 Å². The monoisotopic (exact) mass is 350 g/mol. The Morgan fingerprint density at radius 1 is 1.17 bits per heavy atom. The van der Waals surface area contributed by atoms with Gasteiger partial charge in [-0.25, -0.2) is 0 Å². The van der Waals surface area contributed by atoms with Crippen LogP contribution >= 0.6 is 23.7 Å². The summed E-state index contributed by atoms with van der Waals surface area (Å²) in [5, 5.41) is 6.75. The number of hydrogen-bond donors (Lipinski definition) is 1. The quantitative estimate of drug-likeness (QED) is 0.890. The van der Waals surface area contributed by atoms with Crippen molar-refractivity contribution in [2.45, 2.75) is 31.7 Å². The SMILES string of the molecule is Cl.O=C(c1csc2ccccc12)N1CCC(C2CCCN2)CC1. The zero-order valence-corrected chi connectivity index (χ0v) is 14.8. The third kappa shape index (κ3) is 3.25. The molecular formula is C18H23ClN2OS. The Labute approximate surface area is 147 Å². The first-order chi connectivity index (χ1) is 10.8. The number of carbonyl (C=O) groups excluding carboxylic acids is 1. The third-order valence-corrected chi connectivity index (χ3v) is 6.17. The summed E-state index contributed by atoms with van der Waals surface area (Å²) in [6.45, 7) is 2.99. The average molecular weight is 351 g/mol. The minimum atomic E-state index is 0. The van der Waals surface area contributed by atoms with Gasteiger partial charge in [-0.1, -0.05) is 18.2 Å². The number of nitrogens with one attached hydrogen (secondary N) is 1. The molecule has 0 bridgehead atoms. The molecule has 2 fully saturated rings. The molecule has 0 spiro atoms. The van der Waals surface area contributed by atoms with Crippen LogP contribution in [-0.2, 0) is 0 Å². The molecule has 124 valence electrons. The highest BCUT2D eigenvalue weighted by atomic mass is 35.5. The van der Waals surface area contributed by atoms with Crippen molar-refractivity contribution in [3.05, 3.63) is 35.2 Å². The minimum absolute atomic E-state index is 0. The van der Waals surface area contributed by atoms with E-state index >= 15 is 0 Å². The van der Waals surface area contributed by atoms with Crippen LogP contribution in [0.25, 0.3) is 10.1 Å². The van der Waals surface area contributed by atoms with E-state index in [2.05, 4.69) is 22.3 Å². The first-order valence-corrected chi connectivity index (χ1v) is 9.20. The maximum absolute atomic E-state index is 12.8. The minimum Gasteiger partial charge on any atom is -0.339 e. The zero-order valence-electron chi connectivity index (χ0n) is 13.2. The summed E-state index contributed by atoms with van der Waals surface area (Å²) in [6, 6.07) is 8.90. The smallest absolute Gasteiger partial charge is 0.255 e. The maximum Gasteiger partial charge on any atom is 0.255 e. The first-order valence-electron chi connectivity index (χ1n) is 8.32. The molecular weight excluding hydrogens is 328 g/mol. The topological polar surface area (TPSA) is 32.3 Å². The Hall–Kier alpha value is -1.10. The van der Waals surface area contributed by atoms with Crippen LogP contribution in [0, 0.1) is 5.92 Å². The van der Waals surface area contributed by atoms with Crippen molar-refractivity contribution in [3.63, 3.8) is 0 Å². The fourth-order valence-corrected chi connectivity index (χ4v) is 4.87. The van der Waals surface area contributed by atoms with Gasteiger partial charge in [-0.2, -0.15) is 0 Å². The third-order valence-electron chi connectivity index (χ3n) is 5.21. The van der Waals surface area contributed by atoms with Gasteiger partial charge in [0.15, 0.2) is 0 Å². The lowest BCUT2D eigenvalue weighted by atomic mass is 9.88. The highest BCUT2D eigenvalue weighted by Gasteiger charge is 2.30. The average Bonchev–Trinajstić information content (AvgIpc) is 3.24. The highest BCUT2D eigenvalue weighted by molar-refractivity contribution is 7.17. The Bertz CT molecular complexity index is 672. The van der Waals surface area contributed by atoms with Crippen molar-refractivity contribution in [2.24, 2.45) is 5.92 Å². The van der Waals surface area contributed by atoms with Gasteiger partial charge < -0.3 is 10.2 Å².